The van der Waals surface area contributed by atoms with Gasteiger partial charge in [0.2, 0.25) is 10.0 Å². The fourth-order valence-electron chi connectivity index (χ4n) is 2.35. The van der Waals surface area contributed by atoms with Gasteiger partial charge in [0.1, 0.15) is 0 Å². The van der Waals surface area contributed by atoms with Gasteiger partial charge < -0.3 is 10.1 Å². The van der Waals surface area contributed by atoms with Crippen LogP contribution in [0.3, 0.4) is 0 Å². The topological polar surface area (TPSA) is 58.6 Å². The lowest BCUT2D eigenvalue weighted by atomic mass is 10.0. The molecule has 1 aliphatic carbocycles. The Morgan fingerprint density at radius 3 is 2.53 bits per heavy atom. The molecule has 2 aliphatic rings. The summed E-state index contributed by atoms with van der Waals surface area (Å²) in [6.07, 6.45) is 2.65. The Morgan fingerprint density at radius 1 is 1.32 bits per heavy atom. The number of morpholine rings is 1. The van der Waals surface area contributed by atoms with Gasteiger partial charge in [-0.25, -0.2) is 8.42 Å². The number of nitrogens with zero attached hydrogens (tertiary/aromatic N) is 1. The molecule has 0 radical (unpaired) electrons. The molecule has 1 saturated heterocycles. The molecule has 2 rings (SSSR count). The van der Waals surface area contributed by atoms with Crippen LogP contribution in [-0.4, -0.2) is 55.9 Å². The minimum absolute atomic E-state index is 0.0263. The lowest BCUT2D eigenvalue weighted by Crippen LogP contribution is -2.53. The van der Waals surface area contributed by atoms with E-state index in [1.165, 1.54) is 0 Å². The molecule has 2 fully saturated rings. The van der Waals surface area contributed by atoms with Gasteiger partial charge in [0.15, 0.2) is 0 Å². The lowest BCUT2D eigenvalue weighted by Gasteiger charge is -2.37. The maximum atomic E-state index is 12.4. The molecule has 0 unspecified atom stereocenters. The summed E-state index contributed by atoms with van der Waals surface area (Å²) in [5, 5.41) is 3.24. The van der Waals surface area contributed by atoms with E-state index in [1.54, 1.807) is 4.31 Å². The molecule has 1 atom stereocenters. The van der Waals surface area contributed by atoms with Crippen molar-refractivity contribution in [2.75, 3.05) is 26.2 Å². The Bertz CT molecular complexity index is 399. The largest absolute Gasteiger partial charge is 0.374 e. The molecule has 0 bridgehead atoms. The van der Waals surface area contributed by atoms with Gasteiger partial charge in [-0.15, -0.1) is 0 Å². The quantitative estimate of drug-likeness (QED) is 0.838. The molecule has 0 aromatic carbocycles. The van der Waals surface area contributed by atoms with E-state index < -0.39 is 10.0 Å². The smallest absolute Gasteiger partial charge is 0.217 e. The van der Waals surface area contributed by atoms with Crippen LogP contribution in [0.1, 0.15) is 40.0 Å². The third-order valence-electron chi connectivity index (χ3n) is 3.79. The van der Waals surface area contributed by atoms with Crippen LogP contribution in [0.4, 0.5) is 0 Å². The van der Waals surface area contributed by atoms with Crippen LogP contribution < -0.4 is 5.32 Å². The third kappa shape index (κ3) is 3.90. The van der Waals surface area contributed by atoms with Crippen molar-refractivity contribution in [3.8, 4) is 0 Å². The molecule has 0 amide bonds. The van der Waals surface area contributed by atoms with Crippen molar-refractivity contribution in [3.63, 3.8) is 0 Å². The molecule has 0 aromatic heterocycles. The van der Waals surface area contributed by atoms with Gasteiger partial charge in [0, 0.05) is 25.2 Å². The summed E-state index contributed by atoms with van der Waals surface area (Å²) < 4.78 is 32.0. The monoisotopic (exact) mass is 290 g/mol. The predicted octanol–water partition coefficient (Wildman–Crippen LogP) is 0.958. The summed E-state index contributed by atoms with van der Waals surface area (Å²) in [5.74, 6) is 0. The summed E-state index contributed by atoms with van der Waals surface area (Å²) in [4.78, 5) is 0. The normalized spacial score (nSPS) is 27.2. The molecule has 1 aliphatic heterocycles. The third-order valence-corrected chi connectivity index (χ3v) is 6.16. The average molecular weight is 290 g/mol. The lowest BCUT2D eigenvalue weighted by molar-refractivity contribution is -0.00352. The van der Waals surface area contributed by atoms with E-state index in [-0.39, 0.29) is 16.9 Å². The molecular formula is C13H26N2O3S. The molecule has 0 aromatic rings. The predicted molar refractivity (Wildman–Crippen MR) is 75.6 cm³/mol. The summed E-state index contributed by atoms with van der Waals surface area (Å²) in [6, 6.07) is 0. The fraction of sp³-hybridized carbons (Fsp3) is 1.00. The number of rotatable bonds is 4. The van der Waals surface area contributed by atoms with Crippen LogP contribution in [0.2, 0.25) is 0 Å². The second-order valence-electron chi connectivity index (χ2n) is 6.58. The molecule has 1 saturated carbocycles. The summed E-state index contributed by atoms with van der Waals surface area (Å²) in [5.41, 5.74) is 0.0263. The Kier molecular flexibility index (Phi) is 4.55. The van der Waals surface area contributed by atoms with Crippen molar-refractivity contribution in [3.05, 3.63) is 0 Å². The average Bonchev–Trinajstić information content (AvgIpc) is 2.23. The van der Waals surface area contributed by atoms with E-state index in [0.717, 1.165) is 19.3 Å². The SMILES string of the molecule is CC(C)(C)NC[C@H]1CN(S(=O)(=O)C2CCC2)CCO1. The highest BCUT2D eigenvalue weighted by molar-refractivity contribution is 7.89. The Labute approximate surface area is 116 Å². The van der Waals surface area contributed by atoms with Crippen molar-refractivity contribution in [2.45, 2.75) is 56.9 Å². The van der Waals surface area contributed by atoms with Crippen molar-refractivity contribution in [1.29, 1.82) is 0 Å². The van der Waals surface area contributed by atoms with Crippen LogP contribution in [0.5, 0.6) is 0 Å². The van der Waals surface area contributed by atoms with E-state index in [2.05, 4.69) is 26.1 Å². The Morgan fingerprint density at radius 2 is 2.00 bits per heavy atom. The molecule has 19 heavy (non-hydrogen) atoms. The summed E-state index contributed by atoms with van der Waals surface area (Å²) in [6.45, 7) is 8.48. The van der Waals surface area contributed by atoms with Crippen molar-refractivity contribution < 1.29 is 13.2 Å². The van der Waals surface area contributed by atoms with Gasteiger partial charge in [0.25, 0.3) is 0 Å². The number of hydrogen-bond donors (Lipinski definition) is 1. The highest BCUT2D eigenvalue weighted by Gasteiger charge is 2.38. The van der Waals surface area contributed by atoms with Crippen molar-refractivity contribution in [2.24, 2.45) is 0 Å². The fourth-order valence-corrected chi connectivity index (χ4v) is 4.40. The summed E-state index contributed by atoms with van der Waals surface area (Å²) >= 11 is 0. The van der Waals surface area contributed by atoms with Gasteiger partial charge in [-0.3, -0.25) is 0 Å². The molecule has 0 spiro atoms. The maximum absolute atomic E-state index is 12.4. The van der Waals surface area contributed by atoms with E-state index in [4.69, 9.17) is 4.74 Å². The molecule has 5 nitrogen and oxygen atoms in total. The molecule has 112 valence electrons. The minimum Gasteiger partial charge on any atom is -0.374 e. The first-order valence-electron chi connectivity index (χ1n) is 7.14. The highest BCUT2D eigenvalue weighted by atomic mass is 32.2. The second-order valence-corrected chi connectivity index (χ2v) is 8.79. The van der Waals surface area contributed by atoms with Gasteiger partial charge >= 0.3 is 0 Å². The van der Waals surface area contributed by atoms with Crippen molar-refractivity contribution in [1.82, 2.24) is 9.62 Å². The van der Waals surface area contributed by atoms with Crippen LogP contribution in [0.25, 0.3) is 0 Å². The van der Waals surface area contributed by atoms with E-state index in [1.807, 2.05) is 0 Å². The standard InChI is InChI=1S/C13H26N2O3S/c1-13(2,3)14-9-11-10-15(7-8-18-11)19(16,17)12-5-4-6-12/h11-12,14H,4-10H2,1-3H3/t11-/m0/s1. The number of ether oxygens (including phenoxy) is 1. The molecule has 1 N–H and O–H groups in total. The molecular weight excluding hydrogens is 264 g/mol. The van der Waals surface area contributed by atoms with E-state index in [0.29, 0.717) is 26.2 Å². The zero-order valence-electron chi connectivity index (χ0n) is 12.2. The first kappa shape index (κ1) is 15.2. The Hall–Kier alpha value is -0.170. The molecule has 6 heteroatoms. The summed E-state index contributed by atoms with van der Waals surface area (Å²) in [7, 11) is -3.09. The van der Waals surface area contributed by atoms with Crippen LogP contribution in [0, 0.1) is 0 Å². The highest BCUT2D eigenvalue weighted by Crippen LogP contribution is 2.29. The van der Waals surface area contributed by atoms with Gasteiger partial charge in [0.05, 0.1) is 18.0 Å². The first-order valence-corrected chi connectivity index (χ1v) is 8.65. The van der Waals surface area contributed by atoms with Crippen LogP contribution in [-0.2, 0) is 14.8 Å². The zero-order chi connectivity index (χ0) is 14.1. The Balaban J connectivity index is 1.90. The van der Waals surface area contributed by atoms with Gasteiger partial charge in [-0.05, 0) is 33.6 Å². The first-order chi connectivity index (χ1) is 8.79. The number of nitrogens with one attached hydrogen (secondary N) is 1. The zero-order valence-corrected chi connectivity index (χ0v) is 13.0. The van der Waals surface area contributed by atoms with Gasteiger partial charge in [-0.1, -0.05) is 6.42 Å². The molecule has 1 heterocycles. The minimum atomic E-state index is -3.09. The maximum Gasteiger partial charge on any atom is 0.217 e. The van der Waals surface area contributed by atoms with Crippen LogP contribution in [0.15, 0.2) is 0 Å². The second kappa shape index (κ2) is 5.68. The number of sulfonamides is 1. The van der Waals surface area contributed by atoms with E-state index in [9.17, 15) is 8.42 Å². The number of hydrogen-bond acceptors (Lipinski definition) is 4. The van der Waals surface area contributed by atoms with Gasteiger partial charge in [-0.2, -0.15) is 4.31 Å². The van der Waals surface area contributed by atoms with Crippen molar-refractivity contribution >= 4 is 10.0 Å². The van der Waals surface area contributed by atoms with Crippen LogP contribution >= 0.6 is 0 Å². The van der Waals surface area contributed by atoms with E-state index >= 15 is 0 Å².